The van der Waals surface area contributed by atoms with Gasteiger partial charge in [-0.2, -0.15) is 4.31 Å². The minimum Gasteiger partial charge on any atom is -0.504 e. The van der Waals surface area contributed by atoms with Crippen LogP contribution in [-0.4, -0.2) is 48.5 Å². The van der Waals surface area contributed by atoms with Crippen molar-refractivity contribution in [1.82, 2.24) is 4.31 Å². The van der Waals surface area contributed by atoms with Crippen LogP contribution in [0.2, 0.25) is 0 Å². The molecule has 0 fully saturated rings. The van der Waals surface area contributed by atoms with Crippen LogP contribution in [0.5, 0.6) is 17.2 Å². The molecule has 0 saturated heterocycles. The number of anilines is 1. The molecule has 1 amide bonds. The van der Waals surface area contributed by atoms with Crippen LogP contribution < -0.4 is 10.1 Å². The van der Waals surface area contributed by atoms with Gasteiger partial charge in [-0.3, -0.25) is 4.79 Å². The van der Waals surface area contributed by atoms with E-state index in [1.54, 1.807) is 19.1 Å². The Morgan fingerprint density at radius 2 is 1.72 bits per heavy atom. The number of rotatable bonds is 12. The van der Waals surface area contributed by atoms with E-state index in [0.717, 1.165) is 4.90 Å². The van der Waals surface area contributed by atoms with Crippen molar-refractivity contribution in [2.24, 2.45) is 5.92 Å². The summed E-state index contributed by atoms with van der Waals surface area (Å²) in [6, 6.07) is 15.7. The van der Waals surface area contributed by atoms with E-state index in [0.29, 0.717) is 34.7 Å². The zero-order chi connectivity index (χ0) is 28.7. The van der Waals surface area contributed by atoms with Crippen molar-refractivity contribution in [2.45, 2.75) is 61.3 Å². The molecular weight excluding hydrogens is 536 g/mol. The molecule has 3 rings (SSSR count). The van der Waals surface area contributed by atoms with E-state index < -0.39 is 22.0 Å². The van der Waals surface area contributed by atoms with Crippen LogP contribution in [0.25, 0.3) is 0 Å². The fourth-order valence-electron chi connectivity index (χ4n) is 4.12. The minimum absolute atomic E-state index is 0.0430. The number of methoxy groups -OCH3 is 1. The van der Waals surface area contributed by atoms with E-state index in [1.807, 2.05) is 51.1 Å². The maximum atomic E-state index is 13.8. The third kappa shape index (κ3) is 7.26. The van der Waals surface area contributed by atoms with Gasteiger partial charge in [-0.15, -0.1) is 0 Å². The van der Waals surface area contributed by atoms with Crippen molar-refractivity contribution in [3.8, 4) is 17.2 Å². The summed E-state index contributed by atoms with van der Waals surface area (Å²) < 4.78 is 34.0. The topological polar surface area (TPSA) is 116 Å². The SMILES string of the molecule is CCCC(C(=O)Nc1cc(O)c(O)c(Sc2ccccc2)c1C)N(CC(C)C)S(=O)(=O)c1ccc(OC)cc1. The first kappa shape index (κ1) is 30.3. The lowest BCUT2D eigenvalue weighted by Gasteiger charge is -2.31. The maximum Gasteiger partial charge on any atom is 0.243 e. The third-order valence-electron chi connectivity index (χ3n) is 6.13. The summed E-state index contributed by atoms with van der Waals surface area (Å²) in [5.41, 5.74) is 0.845. The average Bonchev–Trinajstić information content (AvgIpc) is 2.92. The number of phenols is 2. The van der Waals surface area contributed by atoms with Crippen molar-refractivity contribution < 1.29 is 28.2 Å². The first-order valence-corrected chi connectivity index (χ1v) is 15.0. The Bertz CT molecular complexity index is 1380. The highest BCUT2D eigenvalue weighted by atomic mass is 32.2. The quantitative estimate of drug-likeness (QED) is 0.180. The molecule has 39 heavy (non-hydrogen) atoms. The van der Waals surface area contributed by atoms with Gasteiger partial charge in [0.25, 0.3) is 0 Å². The predicted molar refractivity (Wildman–Crippen MR) is 154 cm³/mol. The zero-order valence-corrected chi connectivity index (χ0v) is 24.5. The zero-order valence-electron chi connectivity index (χ0n) is 22.8. The smallest absolute Gasteiger partial charge is 0.243 e. The van der Waals surface area contributed by atoms with Gasteiger partial charge in [0.15, 0.2) is 11.5 Å². The number of carbonyl (C=O) groups excluding carboxylic acids is 1. The summed E-state index contributed by atoms with van der Waals surface area (Å²) in [5, 5.41) is 23.9. The molecule has 0 spiro atoms. The average molecular weight is 573 g/mol. The van der Waals surface area contributed by atoms with Gasteiger partial charge in [-0.05, 0) is 61.2 Å². The summed E-state index contributed by atoms with van der Waals surface area (Å²) in [5.74, 6) is -0.699. The number of benzene rings is 3. The molecule has 3 aromatic rings. The molecule has 0 saturated carbocycles. The molecule has 0 aliphatic heterocycles. The van der Waals surface area contributed by atoms with E-state index in [-0.39, 0.29) is 28.9 Å². The van der Waals surface area contributed by atoms with Gasteiger partial charge >= 0.3 is 0 Å². The molecule has 0 bridgehead atoms. The molecule has 8 nitrogen and oxygen atoms in total. The van der Waals surface area contributed by atoms with Crippen LogP contribution in [0.15, 0.2) is 75.4 Å². The summed E-state index contributed by atoms with van der Waals surface area (Å²) in [6.45, 7) is 7.55. The Morgan fingerprint density at radius 1 is 1.08 bits per heavy atom. The van der Waals surface area contributed by atoms with Crippen molar-refractivity contribution >= 4 is 33.4 Å². The van der Waals surface area contributed by atoms with Crippen molar-refractivity contribution in [3.05, 3.63) is 66.2 Å². The molecule has 210 valence electrons. The van der Waals surface area contributed by atoms with E-state index >= 15 is 0 Å². The highest BCUT2D eigenvalue weighted by Gasteiger charge is 2.36. The lowest BCUT2D eigenvalue weighted by molar-refractivity contribution is -0.120. The van der Waals surface area contributed by atoms with Gasteiger partial charge in [0.2, 0.25) is 15.9 Å². The lowest BCUT2D eigenvalue weighted by atomic mass is 10.1. The van der Waals surface area contributed by atoms with E-state index in [9.17, 15) is 23.4 Å². The van der Waals surface area contributed by atoms with Crippen LogP contribution in [0, 0.1) is 12.8 Å². The Labute approximate surface area is 235 Å². The Morgan fingerprint density at radius 3 is 2.28 bits per heavy atom. The Kier molecular flexibility index (Phi) is 10.3. The molecule has 1 unspecified atom stereocenters. The number of hydrogen-bond donors (Lipinski definition) is 3. The monoisotopic (exact) mass is 572 g/mol. The molecule has 1 atom stereocenters. The fourth-order valence-corrected chi connectivity index (χ4v) is 6.90. The van der Waals surface area contributed by atoms with Crippen molar-refractivity contribution in [1.29, 1.82) is 0 Å². The number of aromatic hydroxyl groups is 2. The van der Waals surface area contributed by atoms with Crippen molar-refractivity contribution in [3.63, 3.8) is 0 Å². The standard InChI is InChI=1S/C29H36N2O6S2/c1-6-10-25(31(18-19(2)3)39(35,36)23-15-13-21(37-5)14-16-23)29(34)30-24-17-26(32)27(33)28(20(24)4)38-22-11-8-7-9-12-22/h7-9,11-17,19,25,32-33H,6,10,18H2,1-5H3,(H,30,34). The molecule has 3 aromatic carbocycles. The van der Waals surface area contributed by atoms with Gasteiger partial charge in [0, 0.05) is 23.2 Å². The highest BCUT2D eigenvalue weighted by molar-refractivity contribution is 7.99. The molecule has 0 aliphatic carbocycles. The second-order valence-corrected chi connectivity index (χ2v) is 12.6. The largest absolute Gasteiger partial charge is 0.504 e. The number of hydrogen-bond acceptors (Lipinski definition) is 7. The molecule has 0 radical (unpaired) electrons. The van der Waals surface area contributed by atoms with Gasteiger partial charge < -0.3 is 20.3 Å². The second-order valence-electron chi connectivity index (χ2n) is 9.60. The molecule has 0 heterocycles. The van der Waals surface area contributed by atoms with Crippen LogP contribution in [0.1, 0.15) is 39.2 Å². The van der Waals surface area contributed by atoms with Gasteiger partial charge in [0.1, 0.15) is 11.8 Å². The number of ether oxygens (including phenoxy) is 1. The molecule has 0 aliphatic rings. The van der Waals surface area contributed by atoms with Crippen molar-refractivity contribution in [2.75, 3.05) is 19.0 Å². The summed E-state index contributed by atoms with van der Waals surface area (Å²) in [6.07, 6.45) is 0.863. The van der Waals surface area contributed by atoms with Gasteiger partial charge in [0.05, 0.1) is 16.9 Å². The number of phenolic OH excluding ortho intramolecular Hbond substituents is 2. The minimum atomic E-state index is -4.03. The number of nitrogens with zero attached hydrogens (tertiary/aromatic N) is 1. The van der Waals surface area contributed by atoms with E-state index in [1.165, 1.54) is 41.4 Å². The first-order chi connectivity index (χ1) is 18.5. The normalized spacial score (nSPS) is 12.5. The van der Waals surface area contributed by atoms with Crippen LogP contribution in [0.3, 0.4) is 0 Å². The first-order valence-electron chi connectivity index (χ1n) is 12.7. The summed E-state index contributed by atoms with van der Waals surface area (Å²) in [7, 11) is -2.53. The van der Waals surface area contributed by atoms with E-state index in [2.05, 4.69) is 5.32 Å². The van der Waals surface area contributed by atoms with E-state index in [4.69, 9.17) is 4.74 Å². The number of sulfonamides is 1. The van der Waals surface area contributed by atoms with Crippen LogP contribution in [0.4, 0.5) is 5.69 Å². The molecule has 3 N–H and O–H groups in total. The Hall–Kier alpha value is -3.21. The lowest BCUT2D eigenvalue weighted by Crippen LogP contribution is -2.48. The van der Waals surface area contributed by atoms with Crippen LogP contribution in [-0.2, 0) is 14.8 Å². The maximum absolute atomic E-state index is 13.8. The van der Waals surface area contributed by atoms with Crippen LogP contribution >= 0.6 is 11.8 Å². The third-order valence-corrected chi connectivity index (χ3v) is 9.23. The number of nitrogens with one attached hydrogen (secondary N) is 1. The van der Waals surface area contributed by atoms with Gasteiger partial charge in [-0.25, -0.2) is 8.42 Å². The molecular formula is C29H36N2O6S2. The number of carbonyl (C=O) groups is 1. The van der Waals surface area contributed by atoms with Gasteiger partial charge in [-0.1, -0.05) is 57.2 Å². The molecule has 10 heteroatoms. The predicted octanol–water partition coefficient (Wildman–Crippen LogP) is 6.02. The molecule has 0 aromatic heterocycles. The fraction of sp³-hybridized carbons (Fsp3) is 0.345. The Balaban J connectivity index is 1.99. The highest BCUT2D eigenvalue weighted by Crippen LogP contribution is 2.45. The summed E-state index contributed by atoms with van der Waals surface area (Å²) in [4.78, 5) is 15.0. The second kappa shape index (κ2) is 13.2. The summed E-state index contributed by atoms with van der Waals surface area (Å²) >= 11 is 1.26. The number of amides is 1.